The molecule has 0 aliphatic rings. The van der Waals surface area contributed by atoms with Gasteiger partial charge in [0.05, 0.1) is 24.1 Å². The van der Waals surface area contributed by atoms with Gasteiger partial charge in [-0.25, -0.2) is 8.42 Å². The van der Waals surface area contributed by atoms with Crippen molar-refractivity contribution in [2.45, 2.75) is 58.5 Å². The third-order valence-corrected chi connectivity index (χ3v) is 7.79. The van der Waals surface area contributed by atoms with Crippen LogP contribution in [-0.2, 0) is 26.2 Å². The van der Waals surface area contributed by atoms with E-state index in [1.54, 1.807) is 30.2 Å². The molecule has 1 unspecified atom stereocenters. The number of ether oxygens (including phenoxy) is 1. The van der Waals surface area contributed by atoms with Crippen molar-refractivity contribution in [1.82, 2.24) is 10.2 Å². The Morgan fingerprint density at radius 2 is 1.74 bits per heavy atom. The fourth-order valence-electron chi connectivity index (χ4n) is 4.01. The lowest BCUT2D eigenvalue weighted by atomic mass is 10.1. The summed E-state index contributed by atoms with van der Waals surface area (Å²) in [5, 5.41) is 3.52. The largest absolute Gasteiger partial charge is 0.497 e. The summed E-state index contributed by atoms with van der Waals surface area (Å²) in [6.07, 6.45) is 3.57. The van der Waals surface area contributed by atoms with Gasteiger partial charge in [-0.15, -0.1) is 0 Å². The average Bonchev–Trinajstić information content (AvgIpc) is 2.87. The van der Waals surface area contributed by atoms with Crippen LogP contribution in [0.25, 0.3) is 0 Å². The van der Waals surface area contributed by atoms with E-state index in [2.05, 4.69) is 5.32 Å². The van der Waals surface area contributed by atoms with Crippen molar-refractivity contribution in [2.75, 3.05) is 30.8 Å². The molecule has 0 spiro atoms. The number of hydrogen-bond acceptors (Lipinski definition) is 5. The van der Waals surface area contributed by atoms with Crippen molar-refractivity contribution < 1.29 is 22.7 Å². The van der Waals surface area contributed by atoms with E-state index in [0.29, 0.717) is 23.7 Å². The van der Waals surface area contributed by atoms with Crippen LogP contribution in [0.1, 0.15) is 51.5 Å². The Bertz CT molecular complexity index is 1180. The number of nitrogens with one attached hydrogen (secondary N) is 1. The highest BCUT2D eigenvalue weighted by Gasteiger charge is 2.29. The number of hydrogen-bond donors (Lipinski definition) is 1. The van der Waals surface area contributed by atoms with E-state index in [1.807, 2.05) is 26.0 Å². The topological polar surface area (TPSA) is 96.0 Å². The molecular formula is C27H37Cl2N3O5S. The molecule has 0 bridgehead atoms. The number of benzene rings is 2. The zero-order valence-corrected chi connectivity index (χ0v) is 24.7. The smallest absolute Gasteiger partial charge is 0.242 e. The molecule has 2 rings (SSSR count). The number of carbonyl (C=O) groups excluding carboxylic acids is 2. The molecule has 0 radical (unpaired) electrons. The highest BCUT2D eigenvalue weighted by atomic mass is 35.5. The van der Waals surface area contributed by atoms with E-state index in [1.165, 1.54) is 12.1 Å². The van der Waals surface area contributed by atoms with E-state index in [0.717, 1.165) is 29.0 Å². The number of unbranched alkanes of at least 4 members (excludes halogenated alkanes) is 1. The van der Waals surface area contributed by atoms with Crippen molar-refractivity contribution in [3.05, 3.63) is 58.1 Å². The normalized spacial score (nSPS) is 12.1. The Kier molecular flexibility index (Phi) is 12.7. The summed E-state index contributed by atoms with van der Waals surface area (Å²) in [4.78, 5) is 28.1. The minimum absolute atomic E-state index is 0.0283. The van der Waals surface area contributed by atoms with E-state index in [9.17, 15) is 18.0 Å². The lowest BCUT2D eigenvalue weighted by Crippen LogP contribution is -2.49. The summed E-state index contributed by atoms with van der Waals surface area (Å²) >= 11 is 12.3. The minimum atomic E-state index is -3.69. The molecule has 0 aromatic heterocycles. The van der Waals surface area contributed by atoms with Crippen LogP contribution in [-0.4, -0.2) is 57.6 Å². The predicted octanol–water partition coefficient (Wildman–Crippen LogP) is 5.27. The summed E-state index contributed by atoms with van der Waals surface area (Å²) < 4.78 is 31.4. The van der Waals surface area contributed by atoms with Crippen LogP contribution in [0.4, 0.5) is 5.69 Å². The molecule has 0 aliphatic carbocycles. The van der Waals surface area contributed by atoms with Gasteiger partial charge in [0.25, 0.3) is 0 Å². The Morgan fingerprint density at radius 3 is 2.32 bits per heavy atom. The molecule has 2 aromatic rings. The molecule has 38 heavy (non-hydrogen) atoms. The number of amides is 2. The first kappa shape index (κ1) is 31.7. The summed E-state index contributed by atoms with van der Waals surface area (Å²) in [5.41, 5.74) is 1.10. The van der Waals surface area contributed by atoms with Gasteiger partial charge in [-0.1, -0.05) is 55.6 Å². The predicted molar refractivity (Wildman–Crippen MR) is 153 cm³/mol. The summed E-state index contributed by atoms with van der Waals surface area (Å²) in [7, 11) is -2.11. The number of carbonyl (C=O) groups is 2. The molecule has 1 atom stereocenters. The Morgan fingerprint density at radius 1 is 1.05 bits per heavy atom. The SMILES string of the molecule is CCCCNC(=O)C(CC)N(Cc1ccc(OC)cc1)C(=O)CCCN(c1cc(Cl)ccc1Cl)S(C)(=O)=O. The molecule has 0 saturated carbocycles. The second-order valence-electron chi connectivity index (χ2n) is 8.97. The molecule has 0 saturated heterocycles. The van der Waals surface area contributed by atoms with E-state index in [-0.39, 0.29) is 48.5 Å². The van der Waals surface area contributed by atoms with Gasteiger partial charge in [-0.05, 0) is 55.2 Å². The second-order valence-corrected chi connectivity index (χ2v) is 11.7. The van der Waals surface area contributed by atoms with Gasteiger partial charge in [0.1, 0.15) is 11.8 Å². The quantitative estimate of drug-likeness (QED) is 0.287. The highest BCUT2D eigenvalue weighted by molar-refractivity contribution is 7.92. The van der Waals surface area contributed by atoms with Crippen LogP contribution in [0.15, 0.2) is 42.5 Å². The van der Waals surface area contributed by atoms with Gasteiger partial charge in [0.2, 0.25) is 21.8 Å². The number of sulfonamides is 1. The fourth-order valence-corrected chi connectivity index (χ4v) is 5.42. The van der Waals surface area contributed by atoms with Gasteiger partial charge in [0.15, 0.2) is 0 Å². The molecule has 210 valence electrons. The van der Waals surface area contributed by atoms with E-state index in [4.69, 9.17) is 27.9 Å². The standard InChI is InChI=1S/C27H37Cl2N3O5S/c1-5-7-16-30-27(34)24(6-2)31(19-20-10-13-22(37-3)14-11-20)26(33)9-8-17-32(38(4,35)36)25-18-21(28)12-15-23(25)29/h10-15,18,24H,5-9,16-17,19H2,1-4H3,(H,30,34). The summed E-state index contributed by atoms with van der Waals surface area (Å²) in [5.74, 6) is 0.242. The second kappa shape index (κ2) is 15.2. The molecule has 1 N–H and O–H groups in total. The Hall–Kier alpha value is -2.49. The maximum atomic E-state index is 13.5. The number of nitrogens with zero attached hydrogens (tertiary/aromatic N) is 2. The van der Waals surface area contributed by atoms with Crippen molar-refractivity contribution >= 4 is 50.7 Å². The summed E-state index contributed by atoms with van der Waals surface area (Å²) in [6, 6.07) is 11.2. The number of halogens is 2. The molecule has 0 heterocycles. The first-order valence-corrected chi connectivity index (χ1v) is 15.2. The third kappa shape index (κ3) is 9.36. The maximum absolute atomic E-state index is 13.5. The van der Waals surface area contributed by atoms with Gasteiger partial charge < -0.3 is 15.0 Å². The molecule has 11 heteroatoms. The lowest BCUT2D eigenvalue weighted by molar-refractivity contribution is -0.141. The van der Waals surface area contributed by atoms with E-state index < -0.39 is 16.1 Å². The molecule has 2 aromatic carbocycles. The minimum Gasteiger partial charge on any atom is -0.497 e. The Balaban J connectivity index is 2.23. The zero-order chi connectivity index (χ0) is 28.3. The molecule has 2 amide bonds. The van der Waals surface area contributed by atoms with Crippen LogP contribution in [0.5, 0.6) is 5.75 Å². The first-order chi connectivity index (χ1) is 18.0. The highest BCUT2D eigenvalue weighted by Crippen LogP contribution is 2.31. The lowest BCUT2D eigenvalue weighted by Gasteiger charge is -2.31. The summed E-state index contributed by atoms with van der Waals surface area (Å²) in [6.45, 7) is 4.71. The van der Waals surface area contributed by atoms with Crippen molar-refractivity contribution in [1.29, 1.82) is 0 Å². The van der Waals surface area contributed by atoms with Gasteiger partial charge in [-0.3, -0.25) is 13.9 Å². The van der Waals surface area contributed by atoms with Crippen LogP contribution >= 0.6 is 23.2 Å². The van der Waals surface area contributed by atoms with E-state index >= 15 is 0 Å². The first-order valence-electron chi connectivity index (χ1n) is 12.6. The van der Waals surface area contributed by atoms with Crippen LogP contribution in [0.3, 0.4) is 0 Å². The molecule has 0 fully saturated rings. The molecule has 8 nitrogen and oxygen atoms in total. The van der Waals surface area contributed by atoms with Crippen molar-refractivity contribution in [3.8, 4) is 5.75 Å². The van der Waals surface area contributed by atoms with Crippen molar-refractivity contribution in [3.63, 3.8) is 0 Å². The zero-order valence-electron chi connectivity index (χ0n) is 22.4. The van der Waals surface area contributed by atoms with Crippen LogP contribution < -0.4 is 14.4 Å². The monoisotopic (exact) mass is 585 g/mol. The third-order valence-electron chi connectivity index (χ3n) is 6.06. The Labute approximate surface area is 236 Å². The number of anilines is 1. The fraction of sp³-hybridized carbons (Fsp3) is 0.481. The number of methoxy groups -OCH3 is 1. The van der Waals surface area contributed by atoms with Crippen molar-refractivity contribution in [2.24, 2.45) is 0 Å². The molecular weight excluding hydrogens is 549 g/mol. The van der Waals surface area contributed by atoms with Crippen LogP contribution in [0.2, 0.25) is 10.0 Å². The van der Waals surface area contributed by atoms with Crippen LogP contribution in [0, 0.1) is 0 Å². The van der Waals surface area contributed by atoms with Gasteiger partial charge in [0, 0.05) is 31.1 Å². The van der Waals surface area contributed by atoms with Gasteiger partial charge in [-0.2, -0.15) is 0 Å². The number of rotatable bonds is 15. The molecule has 0 aliphatic heterocycles. The maximum Gasteiger partial charge on any atom is 0.242 e. The van der Waals surface area contributed by atoms with Gasteiger partial charge >= 0.3 is 0 Å². The average molecular weight is 587 g/mol.